The number of carbonyl (C=O) groups excluding carboxylic acids is 1. The first kappa shape index (κ1) is 18.6. The van der Waals surface area contributed by atoms with Crippen molar-refractivity contribution in [2.75, 3.05) is 44.4 Å². The first-order valence-corrected chi connectivity index (χ1v) is 9.54. The normalized spacial score (nSPS) is 19.4. The third kappa shape index (κ3) is 4.76. The van der Waals surface area contributed by atoms with E-state index in [9.17, 15) is 4.79 Å². The van der Waals surface area contributed by atoms with Crippen molar-refractivity contribution in [2.24, 2.45) is 0 Å². The molecule has 1 atom stereocenters. The first-order valence-electron chi connectivity index (χ1n) is 9.54. The second-order valence-corrected chi connectivity index (χ2v) is 6.79. The minimum atomic E-state index is -0.167. The van der Waals surface area contributed by atoms with E-state index in [0.717, 1.165) is 30.9 Å². The molecule has 4 heterocycles. The highest BCUT2D eigenvalue weighted by Gasteiger charge is 2.18. The van der Waals surface area contributed by atoms with Crippen LogP contribution in [-0.4, -0.2) is 61.5 Å². The molecule has 4 rings (SSSR count). The minimum Gasteiger partial charge on any atom is -0.472 e. The van der Waals surface area contributed by atoms with Gasteiger partial charge in [0.2, 0.25) is 5.88 Å². The van der Waals surface area contributed by atoms with Gasteiger partial charge in [0.25, 0.3) is 5.91 Å². The van der Waals surface area contributed by atoms with Crippen LogP contribution in [0.2, 0.25) is 0 Å². The molecule has 1 amide bonds. The van der Waals surface area contributed by atoms with Crippen molar-refractivity contribution in [1.82, 2.24) is 15.3 Å². The molecule has 8 heteroatoms. The summed E-state index contributed by atoms with van der Waals surface area (Å²) < 4.78 is 16.5. The fourth-order valence-electron chi connectivity index (χ4n) is 3.21. The number of rotatable bonds is 6. The van der Waals surface area contributed by atoms with Crippen molar-refractivity contribution in [3.8, 4) is 5.88 Å². The molecule has 148 valence electrons. The van der Waals surface area contributed by atoms with Gasteiger partial charge in [0.1, 0.15) is 11.9 Å². The second kappa shape index (κ2) is 8.99. The molecule has 2 aromatic heterocycles. The maximum absolute atomic E-state index is 12.5. The number of hydrogen-bond donors (Lipinski definition) is 1. The molecule has 0 spiro atoms. The average molecular weight is 384 g/mol. The highest BCUT2D eigenvalue weighted by atomic mass is 16.5. The molecule has 8 nitrogen and oxygen atoms in total. The Bertz CT molecular complexity index is 804. The fraction of sp³-hybridized carbons (Fsp3) is 0.450. The molecule has 0 aromatic carbocycles. The number of aromatic nitrogens is 2. The van der Waals surface area contributed by atoms with Crippen molar-refractivity contribution in [2.45, 2.75) is 19.1 Å². The summed E-state index contributed by atoms with van der Waals surface area (Å²) in [5, 5.41) is 2.95. The van der Waals surface area contributed by atoms with E-state index in [1.54, 1.807) is 24.5 Å². The molecule has 2 aliphatic rings. The maximum Gasteiger partial charge on any atom is 0.251 e. The van der Waals surface area contributed by atoms with Crippen molar-refractivity contribution in [3.05, 3.63) is 47.8 Å². The van der Waals surface area contributed by atoms with Crippen molar-refractivity contribution < 1.29 is 19.0 Å². The largest absolute Gasteiger partial charge is 0.472 e. The summed E-state index contributed by atoms with van der Waals surface area (Å²) in [5.41, 5.74) is 1.52. The van der Waals surface area contributed by atoms with Crippen molar-refractivity contribution >= 4 is 11.7 Å². The number of anilines is 1. The Kier molecular flexibility index (Phi) is 5.98. The van der Waals surface area contributed by atoms with Gasteiger partial charge in [0, 0.05) is 50.1 Å². The third-order valence-corrected chi connectivity index (χ3v) is 4.77. The zero-order chi connectivity index (χ0) is 19.2. The van der Waals surface area contributed by atoms with Crippen LogP contribution in [0.4, 0.5) is 5.82 Å². The van der Waals surface area contributed by atoms with Gasteiger partial charge in [-0.1, -0.05) is 0 Å². The lowest BCUT2D eigenvalue weighted by Crippen LogP contribution is -2.36. The molecular weight excluding hydrogens is 360 g/mol. The van der Waals surface area contributed by atoms with Gasteiger partial charge in [0.05, 0.1) is 26.4 Å². The standard InChI is InChI=1S/C20H24N4O4/c25-20(16-2-5-22-19(12-16)28-17-3-8-27-14-17)23-13-15-1-4-21-18(11-15)24-6-9-26-10-7-24/h1-2,4-5,11-12,17H,3,6-10,13-14H2,(H,23,25). The molecular formula is C20H24N4O4. The quantitative estimate of drug-likeness (QED) is 0.806. The van der Waals surface area contributed by atoms with Crippen LogP contribution >= 0.6 is 0 Å². The van der Waals surface area contributed by atoms with Gasteiger partial charge in [-0.3, -0.25) is 4.79 Å². The van der Waals surface area contributed by atoms with Crippen LogP contribution < -0.4 is 15.0 Å². The first-order chi connectivity index (χ1) is 13.8. The van der Waals surface area contributed by atoms with E-state index in [1.165, 1.54) is 0 Å². The van der Waals surface area contributed by atoms with Gasteiger partial charge in [-0.25, -0.2) is 9.97 Å². The summed E-state index contributed by atoms with van der Waals surface area (Å²) >= 11 is 0. The van der Waals surface area contributed by atoms with Crippen LogP contribution in [0.25, 0.3) is 0 Å². The number of hydrogen-bond acceptors (Lipinski definition) is 7. The average Bonchev–Trinajstić information content (AvgIpc) is 3.26. The summed E-state index contributed by atoms with van der Waals surface area (Å²) in [5.74, 6) is 1.19. The van der Waals surface area contributed by atoms with E-state index >= 15 is 0 Å². The summed E-state index contributed by atoms with van der Waals surface area (Å²) in [7, 11) is 0. The number of morpholine rings is 1. The molecule has 0 saturated carbocycles. The number of carbonyl (C=O) groups is 1. The number of ether oxygens (including phenoxy) is 3. The predicted molar refractivity (Wildman–Crippen MR) is 103 cm³/mol. The monoisotopic (exact) mass is 384 g/mol. The summed E-state index contributed by atoms with van der Waals surface area (Å²) in [6, 6.07) is 7.26. The number of nitrogens with one attached hydrogen (secondary N) is 1. The Labute approximate surface area is 163 Å². The lowest BCUT2D eigenvalue weighted by Gasteiger charge is -2.28. The van der Waals surface area contributed by atoms with Gasteiger partial charge in [-0.05, 0) is 23.8 Å². The summed E-state index contributed by atoms with van der Waals surface area (Å²) in [6.45, 7) is 4.76. The van der Waals surface area contributed by atoms with Crippen LogP contribution in [0.15, 0.2) is 36.7 Å². The van der Waals surface area contributed by atoms with Crippen molar-refractivity contribution in [3.63, 3.8) is 0 Å². The zero-order valence-electron chi connectivity index (χ0n) is 15.7. The van der Waals surface area contributed by atoms with E-state index < -0.39 is 0 Å². The van der Waals surface area contributed by atoms with Gasteiger partial charge >= 0.3 is 0 Å². The molecule has 2 aromatic rings. The zero-order valence-corrected chi connectivity index (χ0v) is 15.7. The SMILES string of the molecule is O=C(NCc1ccnc(N2CCOCC2)c1)c1ccnc(OC2CCOC2)c1. The number of nitrogens with zero attached hydrogens (tertiary/aromatic N) is 3. The van der Waals surface area contributed by atoms with Gasteiger partial charge in [-0.2, -0.15) is 0 Å². The van der Waals surface area contributed by atoms with Crippen LogP contribution in [0, 0.1) is 0 Å². The molecule has 0 radical (unpaired) electrons. The lowest BCUT2D eigenvalue weighted by atomic mass is 10.2. The smallest absolute Gasteiger partial charge is 0.251 e. The van der Waals surface area contributed by atoms with E-state index in [2.05, 4.69) is 20.2 Å². The maximum atomic E-state index is 12.5. The van der Waals surface area contributed by atoms with Gasteiger partial charge in [-0.15, -0.1) is 0 Å². The molecule has 0 bridgehead atoms. The van der Waals surface area contributed by atoms with Crippen LogP contribution in [0.1, 0.15) is 22.3 Å². The fourth-order valence-corrected chi connectivity index (χ4v) is 3.21. The third-order valence-electron chi connectivity index (χ3n) is 4.77. The van der Waals surface area contributed by atoms with Crippen LogP contribution in [0.3, 0.4) is 0 Å². The van der Waals surface area contributed by atoms with Gasteiger partial charge in [0.15, 0.2) is 0 Å². The molecule has 28 heavy (non-hydrogen) atoms. The molecule has 2 aliphatic heterocycles. The van der Waals surface area contributed by atoms with E-state index in [4.69, 9.17) is 14.2 Å². The Morgan fingerprint density at radius 3 is 2.82 bits per heavy atom. The molecule has 0 aliphatic carbocycles. The summed E-state index contributed by atoms with van der Waals surface area (Å²) in [4.78, 5) is 23.3. The molecule has 2 fully saturated rings. The highest BCUT2D eigenvalue weighted by molar-refractivity contribution is 5.94. The number of pyridine rings is 2. The Morgan fingerprint density at radius 1 is 1.14 bits per heavy atom. The summed E-state index contributed by atoms with van der Waals surface area (Å²) in [6.07, 6.45) is 4.20. The van der Waals surface area contributed by atoms with E-state index in [-0.39, 0.29) is 12.0 Å². The minimum absolute atomic E-state index is 0.00115. The lowest BCUT2D eigenvalue weighted by molar-refractivity contribution is 0.0949. The van der Waals surface area contributed by atoms with Crippen LogP contribution in [-0.2, 0) is 16.0 Å². The Hall–Kier alpha value is -2.71. The molecule has 2 saturated heterocycles. The molecule has 1 N–H and O–H groups in total. The topological polar surface area (TPSA) is 85.8 Å². The van der Waals surface area contributed by atoms with Gasteiger partial charge < -0.3 is 24.4 Å². The van der Waals surface area contributed by atoms with Crippen LogP contribution in [0.5, 0.6) is 5.88 Å². The predicted octanol–water partition coefficient (Wildman–Crippen LogP) is 1.41. The van der Waals surface area contributed by atoms with E-state index in [1.807, 2.05) is 12.1 Å². The number of amides is 1. The second-order valence-electron chi connectivity index (χ2n) is 6.79. The Balaban J connectivity index is 1.35. The van der Waals surface area contributed by atoms with Crippen molar-refractivity contribution in [1.29, 1.82) is 0 Å². The highest BCUT2D eigenvalue weighted by Crippen LogP contribution is 2.17. The molecule has 1 unspecified atom stereocenters. The van der Waals surface area contributed by atoms with E-state index in [0.29, 0.717) is 44.4 Å². The Morgan fingerprint density at radius 2 is 2.00 bits per heavy atom.